The lowest BCUT2D eigenvalue weighted by atomic mass is 9.98. The number of amides is 1. The Kier molecular flexibility index (Phi) is 6.87. The first-order valence-electron chi connectivity index (χ1n) is 11.0. The number of carboxylic acids is 1. The summed E-state index contributed by atoms with van der Waals surface area (Å²) >= 11 is 7.48. The summed E-state index contributed by atoms with van der Waals surface area (Å²) in [6.45, 7) is 7.39. The minimum absolute atomic E-state index is 0.0234. The molecule has 1 fully saturated rings. The van der Waals surface area contributed by atoms with Gasteiger partial charge in [0.15, 0.2) is 16.1 Å². The maximum absolute atomic E-state index is 12.8. The van der Waals surface area contributed by atoms with Crippen molar-refractivity contribution >= 4 is 50.2 Å². The second kappa shape index (κ2) is 9.66. The molecule has 4 N–H and O–H groups in total. The fraction of sp³-hybridized carbons (Fsp3) is 0.455. The van der Waals surface area contributed by atoms with Crippen molar-refractivity contribution in [2.75, 3.05) is 18.0 Å². The molecule has 0 saturated carbocycles. The second-order valence-corrected chi connectivity index (χ2v) is 9.74. The molecule has 1 aliphatic heterocycles. The Morgan fingerprint density at radius 3 is 2.79 bits per heavy atom. The van der Waals surface area contributed by atoms with Gasteiger partial charge in [0.05, 0.1) is 21.5 Å². The normalized spacial score (nSPS) is 18.8. The fourth-order valence-corrected chi connectivity index (χ4v) is 5.47. The van der Waals surface area contributed by atoms with Gasteiger partial charge < -0.3 is 25.6 Å². The predicted molar refractivity (Wildman–Crippen MR) is 130 cm³/mol. The van der Waals surface area contributed by atoms with E-state index < -0.39 is 5.97 Å². The van der Waals surface area contributed by atoms with E-state index >= 15 is 0 Å². The number of carbonyl (C=O) groups is 2. The molecular formula is C22H27ClN6O3S. The molecule has 1 aromatic carbocycles. The molecule has 3 aromatic rings. The predicted octanol–water partition coefficient (Wildman–Crippen LogP) is 3.31. The maximum atomic E-state index is 12.8. The average Bonchev–Trinajstić information content (AvgIpc) is 3.37. The zero-order chi connectivity index (χ0) is 23.7. The molecule has 11 heteroatoms. The molecule has 0 aliphatic carbocycles. The fourth-order valence-electron chi connectivity index (χ4n) is 4.10. The maximum Gasteiger partial charge on any atom is 0.337 e. The van der Waals surface area contributed by atoms with Gasteiger partial charge in [0.25, 0.3) is 5.91 Å². The lowest BCUT2D eigenvalue weighted by molar-refractivity contribution is 0.0699. The number of anilines is 1. The molecule has 2 aromatic heterocycles. The Labute approximate surface area is 200 Å². The first-order chi connectivity index (χ1) is 15.8. The Balaban J connectivity index is 1.53. The summed E-state index contributed by atoms with van der Waals surface area (Å²) in [6, 6.07) is 5.23. The lowest BCUT2D eigenvalue weighted by Crippen LogP contribution is -2.60. The molecule has 3 heterocycles. The summed E-state index contributed by atoms with van der Waals surface area (Å²) in [5, 5.41) is 17.2. The number of fused-ring (bicyclic) bond motifs is 1. The van der Waals surface area contributed by atoms with Gasteiger partial charge in [0, 0.05) is 31.2 Å². The van der Waals surface area contributed by atoms with E-state index in [0.29, 0.717) is 41.3 Å². The number of halogens is 1. The third-order valence-electron chi connectivity index (χ3n) is 5.68. The first-order valence-corrected chi connectivity index (χ1v) is 12.1. The number of thiazole rings is 1. The highest BCUT2D eigenvalue weighted by Crippen LogP contribution is 2.33. The van der Waals surface area contributed by atoms with Crippen molar-refractivity contribution < 1.29 is 14.7 Å². The van der Waals surface area contributed by atoms with Crippen molar-refractivity contribution in [1.82, 2.24) is 25.6 Å². The topological polar surface area (TPSA) is 123 Å². The summed E-state index contributed by atoms with van der Waals surface area (Å²) in [5.41, 5.74) is 1.68. The SMILES string of the molecule is CCc1[nH]c(C(=O)N[C@H]2CCN(c3nc4cccc(C(=O)O)c4s3)C[C@H]2NC(C)C)nc1Cl. The summed E-state index contributed by atoms with van der Waals surface area (Å²) in [5.74, 6) is -1.02. The van der Waals surface area contributed by atoms with Gasteiger partial charge in [0.1, 0.15) is 0 Å². The van der Waals surface area contributed by atoms with Crippen molar-refractivity contribution in [3.05, 3.63) is 40.4 Å². The van der Waals surface area contributed by atoms with E-state index in [9.17, 15) is 14.7 Å². The molecular weight excluding hydrogens is 464 g/mol. The average molecular weight is 491 g/mol. The third kappa shape index (κ3) is 4.97. The van der Waals surface area contributed by atoms with Crippen LogP contribution in [0.1, 0.15) is 53.9 Å². The van der Waals surface area contributed by atoms with Crippen LogP contribution in [0.4, 0.5) is 5.13 Å². The van der Waals surface area contributed by atoms with Crippen LogP contribution in [0, 0.1) is 0 Å². The van der Waals surface area contributed by atoms with Crippen molar-refractivity contribution in [2.24, 2.45) is 0 Å². The van der Waals surface area contributed by atoms with Gasteiger partial charge in [0.2, 0.25) is 0 Å². The smallest absolute Gasteiger partial charge is 0.337 e. The summed E-state index contributed by atoms with van der Waals surface area (Å²) in [4.78, 5) is 38.4. The molecule has 176 valence electrons. The number of aromatic amines is 1. The van der Waals surface area contributed by atoms with Crippen LogP contribution in [0.25, 0.3) is 10.2 Å². The van der Waals surface area contributed by atoms with Gasteiger partial charge in [-0.15, -0.1) is 0 Å². The molecule has 9 nitrogen and oxygen atoms in total. The Morgan fingerprint density at radius 2 is 2.12 bits per heavy atom. The lowest BCUT2D eigenvalue weighted by Gasteiger charge is -2.40. The number of nitrogens with one attached hydrogen (secondary N) is 3. The van der Waals surface area contributed by atoms with Gasteiger partial charge in [-0.1, -0.05) is 49.8 Å². The van der Waals surface area contributed by atoms with Gasteiger partial charge >= 0.3 is 5.97 Å². The largest absolute Gasteiger partial charge is 0.478 e. The van der Waals surface area contributed by atoms with Crippen LogP contribution in [0.2, 0.25) is 5.15 Å². The van der Waals surface area contributed by atoms with Crippen LogP contribution in [-0.2, 0) is 6.42 Å². The van der Waals surface area contributed by atoms with Crippen LogP contribution in [0.15, 0.2) is 18.2 Å². The molecule has 2 atom stereocenters. The number of H-pyrrole nitrogens is 1. The molecule has 0 radical (unpaired) electrons. The van der Waals surface area contributed by atoms with E-state index in [2.05, 4.69) is 44.3 Å². The van der Waals surface area contributed by atoms with E-state index in [0.717, 1.165) is 10.8 Å². The standard InChI is InChI=1S/C22H27ClN6O3S/c1-4-13-18(23)28-19(25-13)20(30)26-14-8-9-29(10-16(14)24-11(2)3)22-27-15-7-5-6-12(21(31)32)17(15)33-22/h5-7,11,14,16,24H,4,8-10H2,1-3H3,(H,25,28)(H,26,30)(H,31,32)/t14-,16+/m0/s1. The minimum Gasteiger partial charge on any atom is -0.478 e. The Hall–Kier alpha value is -2.69. The molecule has 33 heavy (non-hydrogen) atoms. The van der Waals surface area contributed by atoms with Gasteiger partial charge in [-0.25, -0.2) is 14.8 Å². The van der Waals surface area contributed by atoms with Crippen LogP contribution in [0.5, 0.6) is 0 Å². The Bertz CT molecular complexity index is 1180. The van der Waals surface area contributed by atoms with E-state index in [1.165, 1.54) is 11.3 Å². The van der Waals surface area contributed by atoms with Gasteiger partial charge in [-0.05, 0) is 25.0 Å². The summed E-state index contributed by atoms with van der Waals surface area (Å²) in [7, 11) is 0. The number of hydrogen-bond donors (Lipinski definition) is 4. The van der Waals surface area contributed by atoms with Crippen molar-refractivity contribution in [2.45, 2.75) is 51.7 Å². The van der Waals surface area contributed by atoms with E-state index in [1.54, 1.807) is 12.1 Å². The summed E-state index contributed by atoms with van der Waals surface area (Å²) < 4.78 is 0.672. The molecule has 1 amide bonds. The molecule has 4 rings (SSSR count). The number of piperidine rings is 1. The quantitative estimate of drug-likeness (QED) is 0.400. The highest BCUT2D eigenvalue weighted by molar-refractivity contribution is 7.22. The molecule has 0 spiro atoms. The molecule has 1 saturated heterocycles. The van der Waals surface area contributed by atoms with E-state index in [1.807, 2.05) is 13.0 Å². The van der Waals surface area contributed by atoms with Crippen molar-refractivity contribution in [3.63, 3.8) is 0 Å². The number of imidazole rings is 1. The summed E-state index contributed by atoms with van der Waals surface area (Å²) in [6.07, 6.45) is 1.37. The number of nitrogens with zero attached hydrogens (tertiary/aromatic N) is 3. The highest BCUT2D eigenvalue weighted by Gasteiger charge is 2.33. The van der Waals surface area contributed by atoms with Crippen LogP contribution >= 0.6 is 22.9 Å². The first kappa shape index (κ1) is 23.5. The van der Waals surface area contributed by atoms with Gasteiger partial charge in [-0.3, -0.25) is 4.79 Å². The number of hydrogen-bond acceptors (Lipinski definition) is 7. The van der Waals surface area contributed by atoms with Crippen molar-refractivity contribution in [3.8, 4) is 0 Å². The number of carboxylic acid groups (broad SMARTS) is 1. The minimum atomic E-state index is -0.958. The number of rotatable bonds is 7. The second-order valence-electron chi connectivity index (χ2n) is 8.41. The van der Waals surface area contributed by atoms with E-state index in [-0.39, 0.29) is 35.4 Å². The molecule has 0 unspecified atom stereocenters. The third-order valence-corrected chi connectivity index (χ3v) is 7.16. The molecule has 0 bridgehead atoms. The monoisotopic (exact) mass is 490 g/mol. The Morgan fingerprint density at radius 1 is 1.33 bits per heavy atom. The van der Waals surface area contributed by atoms with Crippen LogP contribution in [0.3, 0.4) is 0 Å². The number of carbonyl (C=O) groups excluding carboxylic acids is 1. The van der Waals surface area contributed by atoms with Gasteiger partial charge in [-0.2, -0.15) is 0 Å². The highest BCUT2D eigenvalue weighted by atomic mass is 35.5. The van der Waals surface area contributed by atoms with Crippen molar-refractivity contribution in [1.29, 1.82) is 0 Å². The molecule has 1 aliphatic rings. The zero-order valence-corrected chi connectivity index (χ0v) is 20.3. The zero-order valence-electron chi connectivity index (χ0n) is 18.7. The van der Waals surface area contributed by atoms with Crippen LogP contribution < -0.4 is 15.5 Å². The van der Waals surface area contributed by atoms with Crippen LogP contribution in [-0.4, -0.2) is 63.1 Å². The number of aromatic nitrogens is 3. The number of aryl methyl sites for hydroxylation is 1. The number of aromatic carboxylic acids is 1. The number of benzene rings is 1. The van der Waals surface area contributed by atoms with E-state index in [4.69, 9.17) is 11.6 Å².